The summed E-state index contributed by atoms with van der Waals surface area (Å²) < 4.78 is 0. The molecule has 0 aromatic heterocycles. The maximum Gasteiger partial charge on any atom is 1.00 e. The molecule has 0 heterocycles. The summed E-state index contributed by atoms with van der Waals surface area (Å²) in [5, 5.41) is 0. The standard InChI is InChI=1S/5ClH.K.Re/h5*1H;;/q;;;;;+1;/p-5. The van der Waals surface area contributed by atoms with Crippen LogP contribution in [0, 0.1) is 0 Å². The summed E-state index contributed by atoms with van der Waals surface area (Å²) in [6, 6.07) is 0. The Morgan fingerprint density at radius 2 is 0.429 bits per heavy atom. The van der Waals surface area contributed by atoms with Crippen LogP contribution in [-0.4, -0.2) is 0 Å². The molecule has 0 unspecified atom stereocenters. The SMILES string of the molecule is [Cl-].[Cl-].[Cl-].[Cl-].[Cl-].[K+].[Re]. The van der Waals surface area contributed by atoms with Crippen LogP contribution in [0.3, 0.4) is 0 Å². The van der Waals surface area contributed by atoms with Gasteiger partial charge in [0, 0.05) is 20.4 Å². The first-order valence-corrected chi connectivity index (χ1v) is 0. The Balaban J connectivity index is 0. The number of rotatable bonds is 0. The van der Waals surface area contributed by atoms with Gasteiger partial charge in [-0.2, -0.15) is 0 Å². The monoisotopic (exact) mass is 401 g/mol. The van der Waals surface area contributed by atoms with E-state index in [4.69, 9.17) is 0 Å². The quantitative estimate of drug-likeness (QED) is 0.353. The van der Waals surface area contributed by atoms with E-state index in [2.05, 4.69) is 0 Å². The van der Waals surface area contributed by atoms with E-state index in [1.807, 2.05) is 0 Å². The first-order valence-electron chi connectivity index (χ1n) is 0. The zero-order chi connectivity index (χ0) is 0. The van der Waals surface area contributed by atoms with Gasteiger partial charge in [-0.1, -0.05) is 0 Å². The molecule has 0 aromatic carbocycles. The zero-order valence-electron chi connectivity index (χ0n) is 3.27. The normalized spacial score (nSPS) is 0. The van der Waals surface area contributed by atoms with Gasteiger partial charge >= 0.3 is 51.4 Å². The van der Waals surface area contributed by atoms with Crippen molar-refractivity contribution in [2.45, 2.75) is 0 Å². The average Bonchev–Trinajstić information content (AvgIpc) is 0. The summed E-state index contributed by atoms with van der Waals surface area (Å²) >= 11 is 0. The Hall–Kier alpha value is 3.75. The van der Waals surface area contributed by atoms with Crippen molar-refractivity contribution in [3.63, 3.8) is 0 Å². The molecular weight excluding hydrogens is 403 g/mol. The summed E-state index contributed by atoms with van der Waals surface area (Å²) in [4.78, 5) is 0. The molecule has 0 aliphatic heterocycles. The van der Waals surface area contributed by atoms with E-state index in [0.29, 0.717) is 0 Å². The smallest absolute Gasteiger partial charge is 1.00 e. The molecule has 0 spiro atoms. The van der Waals surface area contributed by atoms with Crippen LogP contribution >= 0.6 is 0 Å². The van der Waals surface area contributed by atoms with E-state index < -0.39 is 0 Å². The molecule has 0 saturated carbocycles. The van der Waals surface area contributed by atoms with Gasteiger partial charge in [0.15, 0.2) is 0 Å². The van der Waals surface area contributed by atoms with Crippen LogP contribution in [0.4, 0.5) is 0 Å². The van der Waals surface area contributed by atoms with Gasteiger partial charge in [-0.25, -0.2) is 0 Å². The van der Waals surface area contributed by atoms with Gasteiger partial charge in [-0.05, 0) is 0 Å². The molecule has 7 heavy (non-hydrogen) atoms. The van der Waals surface area contributed by atoms with Crippen molar-refractivity contribution in [1.82, 2.24) is 0 Å². The largest absolute Gasteiger partial charge is 1.00 e. The molecule has 47 valence electrons. The number of hydrogen-bond donors (Lipinski definition) is 0. The summed E-state index contributed by atoms with van der Waals surface area (Å²) in [5.41, 5.74) is 0. The first-order chi connectivity index (χ1) is 0. The van der Waals surface area contributed by atoms with E-state index >= 15 is 0 Å². The molecule has 0 aliphatic rings. The Labute approximate surface area is 131 Å². The average molecular weight is 403 g/mol. The molecule has 0 amide bonds. The van der Waals surface area contributed by atoms with Crippen LogP contribution in [0.15, 0.2) is 0 Å². The van der Waals surface area contributed by atoms with E-state index in [9.17, 15) is 0 Å². The minimum atomic E-state index is 0. The third kappa shape index (κ3) is 41.7. The minimum absolute atomic E-state index is 0. The second kappa shape index (κ2) is 53.1. The Bertz CT molecular complexity index is 8.04. The third-order valence-corrected chi connectivity index (χ3v) is 0. The maximum atomic E-state index is 0. The predicted octanol–water partition coefficient (Wildman–Crippen LogP) is -18.0. The second-order valence-corrected chi connectivity index (χ2v) is 0. The number of halogens is 5. The van der Waals surface area contributed by atoms with Crippen LogP contribution in [0.2, 0.25) is 0 Å². The molecule has 0 bridgehead atoms. The van der Waals surface area contributed by atoms with Gasteiger partial charge in [0.05, 0.1) is 0 Å². The Morgan fingerprint density at radius 3 is 0.429 bits per heavy atom. The van der Waals surface area contributed by atoms with Crippen molar-refractivity contribution < 1.29 is 134 Å². The zero-order valence-corrected chi connectivity index (χ0v) is 12.9. The van der Waals surface area contributed by atoms with Crippen molar-refractivity contribution in [3.8, 4) is 0 Å². The predicted molar refractivity (Wildman–Crippen MR) is 0 cm³/mol. The molecule has 0 aliphatic carbocycles. The maximum absolute atomic E-state index is 0. The molecule has 1 radical (unpaired) electrons. The van der Waals surface area contributed by atoms with Gasteiger partial charge in [0.2, 0.25) is 0 Å². The van der Waals surface area contributed by atoms with Crippen molar-refractivity contribution in [1.29, 1.82) is 0 Å². The van der Waals surface area contributed by atoms with E-state index in [1.165, 1.54) is 0 Å². The molecule has 0 atom stereocenters. The summed E-state index contributed by atoms with van der Waals surface area (Å²) in [6.45, 7) is 0. The van der Waals surface area contributed by atoms with Crippen molar-refractivity contribution in [2.75, 3.05) is 0 Å². The van der Waals surface area contributed by atoms with E-state index in [1.54, 1.807) is 0 Å². The van der Waals surface area contributed by atoms with Crippen LogP contribution < -0.4 is 113 Å². The van der Waals surface area contributed by atoms with Crippen molar-refractivity contribution >= 4 is 0 Å². The van der Waals surface area contributed by atoms with Gasteiger partial charge in [0.25, 0.3) is 0 Å². The van der Waals surface area contributed by atoms with Crippen LogP contribution in [0.5, 0.6) is 0 Å². The molecule has 0 saturated heterocycles. The van der Waals surface area contributed by atoms with Gasteiger partial charge < -0.3 is 62.0 Å². The Kier molecular flexibility index (Phi) is 551. The fourth-order valence-electron chi connectivity index (χ4n) is 0. The fourth-order valence-corrected chi connectivity index (χ4v) is 0. The van der Waals surface area contributed by atoms with Crippen LogP contribution in [0.1, 0.15) is 0 Å². The van der Waals surface area contributed by atoms with E-state index in [0.717, 1.165) is 0 Å². The van der Waals surface area contributed by atoms with E-state index in [-0.39, 0.29) is 134 Å². The first kappa shape index (κ1) is 72.7. The van der Waals surface area contributed by atoms with Gasteiger partial charge in [-0.3, -0.25) is 0 Å². The molecule has 0 rings (SSSR count). The van der Waals surface area contributed by atoms with Crippen molar-refractivity contribution in [3.05, 3.63) is 0 Å². The Morgan fingerprint density at radius 1 is 0.429 bits per heavy atom. The molecule has 7 heteroatoms. The minimum Gasteiger partial charge on any atom is -1.00 e. The fraction of sp³-hybridized carbons (Fsp3) is 0. The van der Waals surface area contributed by atoms with Crippen LogP contribution in [0.25, 0.3) is 0 Å². The third-order valence-electron chi connectivity index (χ3n) is 0. The second-order valence-electron chi connectivity index (χ2n) is 0. The molecular formula is Cl5KRe-4. The summed E-state index contributed by atoms with van der Waals surface area (Å²) in [5.74, 6) is 0. The van der Waals surface area contributed by atoms with Gasteiger partial charge in [0.1, 0.15) is 0 Å². The number of hydrogen-bond acceptors (Lipinski definition) is 0. The molecule has 0 fully saturated rings. The molecule has 0 nitrogen and oxygen atoms in total. The van der Waals surface area contributed by atoms with Gasteiger partial charge in [-0.15, -0.1) is 0 Å². The topological polar surface area (TPSA) is 0 Å². The van der Waals surface area contributed by atoms with Crippen molar-refractivity contribution in [2.24, 2.45) is 0 Å². The molecule has 0 N–H and O–H groups in total. The summed E-state index contributed by atoms with van der Waals surface area (Å²) in [6.07, 6.45) is 0. The summed E-state index contributed by atoms with van der Waals surface area (Å²) in [7, 11) is 0. The van der Waals surface area contributed by atoms with Crippen LogP contribution in [-0.2, 0) is 20.4 Å². The molecule has 0 aromatic rings.